The predicted molar refractivity (Wildman–Crippen MR) is 328 cm³/mol. The number of hydrogen-bond donors (Lipinski definition) is 4. The van der Waals surface area contributed by atoms with E-state index in [4.69, 9.17) is 78.7 Å². The van der Waals surface area contributed by atoms with Gasteiger partial charge in [-0.15, -0.1) is 0 Å². The van der Waals surface area contributed by atoms with Gasteiger partial charge in [0.1, 0.15) is 49.4 Å². The van der Waals surface area contributed by atoms with Crippen LogP contribution in [0.3, 0.4) is 0 Å². The van der Waals surface area contributed by atoms with Gasteiger partial charge in [-0.25, -0.2) is 19.2 Å². The molecule has 0 aliphatic heterocycles. The Bertz CT molecular complexity index is 2720. The minimum absolute atomic E-state index is 0. The minimum Gasteiger partial charge on any atom is -0.869 e. The molecule has 0 spiro atoms. The van der Waals surface area contributed by atoms with Crippen LogP contribution in [0, 0.1) is 0 Å². The monoisotopic (exact) mass is 1510 g/mol. The summed E-state index contributed by atoms with van der Waals surface area (Å²) in [6, 6.07) is 55.2. The third-order valence-corrected chi connectivity index (χ3v) is 10.5. The van der Waals surface area contributed by atoms with Gasteiger partial charge in [0.15, 0.2) is 0 Å². The summed E-state index contributed by atoms with van der Waals surface area (Å²) in [4.78, 5) is 47.3. The van der Waals surface area contributed by atoms with Gasteiger partial charge in [-0.1, -0.05) is 169 Å². The molecule has 0 saturated carbocycles. The SMILES string of the molecule is CO.CO.CO.CO.COc1cccc(C(=O)OCc2ccccc2)c1[O-].COc1cccc(C(=O)OCc2ccccc2)c1[O-].COc1cccc(C(=O)OCc2ccccc2)c1[O-].COc1cccc(C(=O)OCc2ccccc2)c1[O-].C[O-].C[O-].C[O-].C[O-].[Ni+2].[Ni+2].[Ni+2].[Ni+2]. The quantitative estimate of drug-likeness (QED) is 0.0614. The van der Waals surface area contributed by atoms with Crippen LogP contribution < -0.4 is 59.8 Å². The van der Waals surface area contributed by atoms with Crippen molar-refractivity contribution in [2.24, 2.45) is 0 Å². The van der Waals surface area contributed by atoms with E-state index in [1.165, 1.54) is 77.0 Å². The maximum Gasteiger partial charge on any atom is 2.00 e. The zero-order valence-corrected chi connectivity index (χ0v) is 58.5. The number of carbonyl (C=O) groups excluding carboxylic acids is 4. The molecule has 0 fully saturated rings. The van der Waals surface area contributed by atoms with Crippen LogP contribution in [0.1, 0.15) is 63.7 Å². The first kappa shape index (κ1) is 104. The number of aliphatic hydroxyl groups is 4. The van der Waals surface area contributed by atoms with Gasteiger partial charge in [-0.3, -0.25) is 0 Å². The van der Waals surface area contributed by atoms with Gasteiger partial charge in [-0.05, 0) is 70.8 Å². The van der Waals surface area contributed by atoms with Gasteiger partial charge in [0.2, 0.25) is 0 Å². The number of carbonyl (C=O) groups is 4. The Labute approximate surface area is 600 Å². The Morgan fingerprint density at radius 1 is 0.260 bits per heavy atom. The van der Waals surface area contributed by atoms with E-state index in [2.05, 4.69) is 0 Å². The second kappa shape index (κ2) is 69.5. The molecule has 96 heavy (non-hydrogen) atoms. The molecule has 0 bridgehead atoms. The summed E-state index contributed by atoms with van der Waals surface area (Å²) in [5, 5.41) is 108. The summed E-state index contributed by atoms with van der Waals surface area (Å²) < 4.78 is 39.9. The molecule has 536 valence electrons. The topological polar surface area (TPSA) is 408 Å². The Morgan fingerprint density at radius 2 is 0.406 bits per heavy atom. The van der Waals surface area contributed by atoms with E-state index in [0.717, 1.165) is 79.1 Å². The number of esters is 4. The van der Waals surface area contributed by atoms with E-state index in [1.807, 2.05) is 121 Å². The maximum atomic E-state index is 11.8. The number of hydrogen-bond acceptors (Lipinski definition) is 24. The van der Waals surface area contributed by atoms with E-state index in [0.29, 0.717) is 0 Å². The Balaban J connectivity index is -0.000000165. The normalized spacial score (nSPS) is 8.38. The van der Waals surface area contributed by atoms with E-state index in [9.17, 15) is 39.6 Å². The van der Waals surface area contributed by atoms with E-state index >= 15 is 0 Å². The van der Waals surface area contributed by atoms with Crippen LogP contribution in [0.2, 0.25) is 0 Å². The molecule has 0 aliphatic rings. The van der Waals surface area contributed by atoms with Crippen molar-refractivity contribution in [1.82, 2.24) is 0 Å². The molecule has 0 atom stereocenters. The predicted octanol–water partition coefficient (Wildman–Crippen LogP) is 2.83. The second-order valence-electron chi connectivity index (χ2n) is 15.6. The van der Waals surface area contributed by atoms with Crippen molar-refractivity contribution in [3.8, 4) is 46.0 Å². The summed E-state index contributed by atoms with van der Waals surface area (Å²) >= 11 is 0. The summed E-state index contributed by atoms with van der Waals surface area (Å²) in [5.41, 5.74) is 3.39. The van der Waals surface area contributed by atoms with Gasteiger partial charge in [0.05, 0.1) is 50.7 Å². The fraction of sp³-hybridized carbons (Fsp3) is 0.235. The fourth-order valence-corrected chi connectivity index (χ4v) is 6.55. The maximum absolute atomic E-state index is 11.8. The standard InChI is InChI=1S/4C15H14O4.4CH4O.4CH3O.4Ni/c4*1-18-13-9-5-8-12(14(13)16)15(17)19-10-11-6-3-2-4-7-11;8*1-2;;;;/h4*2-9,16H,10H2,1H3;4*2H,1H3;4*1H3;;;;/q;;;;;;;;4*-1;4*+2/p-4. The Kier molecular flexibility index (Phi) is 75.2. The van der Waals surface area contributed by atoms with Crippen LogP contribution >= 0.6 is 0 Å². The number of para-hydroxylation sites is 4. The van der Waals surface area contributed by atoms with Crippen LogP contribution in [0.15, 0.2) is 194 Å². The molecule has 4 N–H and O–H groups in total. The molecule has 0 heterocycles. The molecule has 8 aromatic rings. The molecule has 0 unspecified atom stereocenters. The molecule has 0 saturated heterocycles. The minimum atomic E-state index is -0.646. The number of aliphatic hydroxyl groups excluding tert-OH is 4. The molecule has 0 aliphatic carbocycles. The van der Waals surface area contributed by atoms with Crippen LogP contribution in [-0.4, -0.2) is 130 Å². The van der Waals surface area contributed by atoms with Crippen molar-refractivity contribution in [2.75, 3.05) is 85.3 Å². The smallest absolute Gasteiger partial charge is 0.869 e. The summed E-state index contributed by atoms with van der Waals surface area (Å²) in [5.74, 6) is -3.87. The molecule has 8 aromatic carbocycles. The molecule has 24 nitrogen and oxygen atoms in total. The third-order valence-electron chi connectivity index (χ3n) is 10.5. The molecule has 0 aromatic heterocycles. The van der Waals surface area contributed by atoms with Gasteiger partial charge in [-0.2, -0.15) is 28.4 Å². The van der Waals surface area contributed by atoms with Gasteiger partial charge < -0.3 is 99.2 Å². The van der Waals surface area contributed by atoms with Crippen molar-refractivity contribution in [1.29, 1.82) is 0 Å². The van der Waals surface area contributed by atoms with Crippen molar-refractivity contribution < 1.29 is 184 Å². The summed E-state index contributed by atoms with van der Waals surface area (Å²) in [6.07, 6.45) is 0. The Hall–Kier alpha value is -8.31. The average molecular weight is 1520 g/mol. The van der Waals surface area contributed by atoms with Crippen molar-refractivity contribution in [3.05, 3.63) is 239 Å². The summed E-state index contributed by atoms with van der Waals surface area (Å²) in [7, 11) is 12.5. The zero-order chi connectivity index (χ0) is 70.7. The van der Waals surface area contributed by atoms with Gasteiger partial charge >= 0.3 is 89.8 Å². The number of rotatable bonds is 16. The molecule has 0 radical (unpaired) electrons. The van der Waals surface area contributed by atoms with Crippen molar-refractivity contribution in [3.63, 3.8) is 0 Å². The average Bonchev–Trinajstić information content (AvgIpc) is 0.979. The molecular formula is C68H80Ni4O24. The molecule has 28 heteroatoms. The van der Waals surface area contributed by atoms with Crippen LogP contribution in [-0.2, 0) is 111 Å². The molecule has 0 amide bonds. The largest absolute Gasteiger partial charge is 2.00 e. The summed E-state index contributed by atoms with van der Waals surface area (Å²) in [6.45, 7) is 0.541. The third kappa shape index (κ3) is 40.2. The fourth-order valence-electron chi connectivity index (χ4n) is 6.55. The van der Waals surface area contributed by atoms with E-state index in [-0.39, 0.29) is 138 Å². The Morgan fingerprint density at radius 3 is 0.542 bits per heavy atom. The number of ether oxygens (including phenoxy) is 8. The van der Waals surface area contributed by atoms with E-state index in [1.54, 1.807) is 24.3 Å². The number of benzene rings is 8. The van der Waals surface area contributed by atoms with Crippen LogP contribution in [0.4, 0.5) is 0 Å². The van der Waals surface area contributed by atoms with Crippen LogP contribution in [0.25, 0.3) is 0 Å². The molecule has 8 rings (SSSR count). The van der Waals surface area contributed by atoms with Gasteiger partial charge in [0.25, 0.3) is 0 Å². The second-order valence-corrected chi connectivity index (χ2v) is 15.6. The number of methoxy groups -OCH3 is 4. The van der Waals surface area contributed by atoms with Crippen molar-refractivity contribution in [2.45, 2.75) is 26.4 Å². The van der Waals surface area contributed by atoms with Gasteiger partial charge in [0, 0.05) is 28.4 Å². The molecular weight excluding hydrogens is 1440 g/mol. The zero-order valence-electron chi connectivity index (χ0n) is 54.5. The first-order valence-electron chi connectivity index (χ1n) is 26.5. The van der Waals surface area contributed by atoms with E-state index < -0.39 is 46.9 Å². The first-order valence-corrected chi connectivity index (χ1v) is 26.5. The van der Waals surface area contributed by atoms with Crippen molar-refractivity contribution >= 4 is 23.9 Å². The first-order chi connectivity index (χ1) is 44.9. The van der Waals surface area contributed by atoms with Crippen LogP contribution in [0.5, 0.6) is 46.0 Å².